The van der Waals surface area contributed by atoms with Gasteiger partial charge in [-0.15, -0.1) is 24.8 Å². The van der Waals surface area contributed by atoms with Crippen LogP contribution < -0.4 is 10.6 Å². The molecule has 2 heterocycles. The Kier molecular flexibility index (Phi) is 8.76. The first-order valence-corrected chi connectivity index (χ1v) is 7.80. The third-order valence-electron chi connectivity index (χ3n) is 4.07. The first kappa shape index (κ1) is 20.4. The van der Waals surface area contributed by atoms with Crippen molar-refractivity contribution in [3.63, 3.8) is 0 Å². The van der Waals surface area contributed by atoms with Crippen LogP contribution in [-0.4, -0.2) is 23.5 Å². The molecule has 2 unspecified atom stereocenters. The van der Waals surface area contributed by atoms with Crippen molar-refractivity contribution in [3.05, 3.63) is 66.0 Å². The molecule has 6 heteroatoms. The van der Waals surface area contributed by atoms with E-state index in [1.54, 1.807) is 12.4 Å². The van der Waals surface area contributed by atoms with Gasteiger partial charge in [-0.05, 0) is 42.6 Å². The van der Waals surface area contributed by atoms with Gasteiger partial charge in [0.2, 0.25) is 5.91 Å². The lowest BCUT2D eigenvalue weighted by atomic mass is 9.99. The molecule has 0 spiro atoms. The van der Waals surface area contributed by atoms with E-state index in [1.165, 1.54) is 0 Å². The Hall–Kier alpha value is -1.62. The van der Waals surface area contributed by atoms with Gasteiger partial charge in [0, 0.05) is 24.9 Å². The summed E-state index contributed by atoms with van der Waals surface area (Å²) < 4.78 is 0. The van der Waals surface area contributed by atoms with E-state index in [0.29, 0.717) is 12.5 Å². The number of halogens is 2. The minimum atomic E-state index is -0.127. The number of carbonyl (C=O) groups excluding carboxylic acids is 1. The molecule has 1 aromatic heterocycles. The number of aromatic nitrogens is 1. The molecular weight excluding hydrogens is 345 g/mol. The average Bonchev–Trinajstić information content (AvgIpc) is 3.07. The SMILES string of the molecule is Cl.Cl.O=C(CC1CCCN1)NC(c1ccccc1)c1ccncc1. The summed E-state index contributed by atoms with van der Waals surface area (Å²) in [5, 5.41) is 6.54. The summed E-state index contributed by atoms with van der Waals surface area (Å²) in [4.78, 5) is 16.5. The third kappa shape index (κ3) is 5.48. The van der Waals surface area contributed by atoms with Gasteiger partial charge >= 0.3 is 0 Å². The molecule has 130 valence electrons. The number of amides is 1. The van der Waals surface area contributed by atoms with Crippen LogP contribution in [0.4, 0.5) is 0 Å². The Morgan fingerprint density at radius 1 is 1.12 bits per heavy atom. The van der Waals surface area contributed by atoms with E-state index in [2.05, 4.69) is 15.6 Å². The molecule has 3 rings (SSSR count). The molecule has 0 radical (unpaired) electrons. The highest BCUT2D eigenvalue weighted by molar-refractivity contribution is 5.85. The van der Waals surface area contributed by atoms with E-state index in [0.717, 1.165) is 30.5 Å². The first-order chi connectivity index (χ1) is 10.8. The van der Waals surface area contributed by atoms with Gasteiger partial charge in [-0.2, -0.15) is 0 Å². The van der Waals surface area contributed by atoms with Crippen LogP contribution in [0, 0.1) is 0 Å². The standard InChI is InChI=1S/C18H21N3O.2ClH/c22-17(13-16-7-4-10-20-16)21-18(14-5-2-1-3-6-14)15-8-11-19-12-9-15;;/h1-3,5-6,8-9,11-12,16,18,20H,4,7,10,13H2,(H,21,22);2*1H. The number of hydrogen-bond donors (Lipinski definition) is 2. The fourth-order valence-corrected chi connectivity index (χ4v) is 2.94. The Morgan fingerprint density at radius 3 is 2.42 bits per heavy atom. The fourth-order valence-electron chi connectivity index (χ4n) is 2.94. The third-order valence-corrected chi connectivity index (χ3v) is 4.07. The highest BCUT2D eigenvalue weighted by atomic mass is 35.5. The molecule has 24 heavy (non-hydrogen) atoms. The molecule has 4 nitrogen and oxygen atoms in total. The first-order valence-electron chi connectivity index (χ1n) is 7.80. The molecule has 0 bridgehead atoms. The molecule has 2 N–H and O–H groups in total. The Labute approximate surface area is 155 Å². The lowest BCUT2D eigenvalue weighted by molar-refractivity contribution is -0.122. The second kappa shape index (κ2) is 10.3. The molecule has 1 aromatic carbocycles. The molecule has 0 saturated carbocycles. The van der Waals surface area contributed by atoms with Gasteiger partial charge in [-0.3, -0.25) is 9.78 Å². The summed E-state index contributed by atoms with van der Waals surface area (Å²) in [5.74, 6) is 0.0880. The van der Waals surface area contributed by atoms with Crippen LogP contribution in [0.1, 0.15) is 36.4 Å². The van der Waals surface area contributed by atoms with Crippen molar-refractivity contribution in [1.82, 2.24) is 15.6 Å². The zero-order valence-corrected chi connectivity index (χ0v) is 15.0. The van der Waals surface area contributed by atoms with E-state index < -0.39 is 0 Å². The number of pyridine rings is 1. The smallest absolute Gasteiger partial charge is 0.222 e. The zero-order chi connectivity index (χ0) is 15.2. The van der Waals surface area contributed by atoms with Gasteiger partial charge in [0.05, 0.1) is 6.04 Å². The van der Waals surface area contributed by atoms with Crippen molar-refractivity contribution < 1.29 is 4.79 Å². The summed E-state index contributed by atoms with van der Waals surface area (Å²) >= 11 is 0. The summed E-state index contributed by atoms with van der Waals surface area (Å²) in [6, 6.07) is 14.1. The lowest BCUT2D eigenvalue weighted by Gasteiger charge is -2.21. The van der Waals surface area contributed by atoms with Gasteiger partial charge in [0.25, 0.3) is 0 Å². The monoisotopic (exact) mass is 367 g/mol. The summed E-state index contributed by atoms with van der Waals surface area (Å²) in [6.45, 7) is 1.02. The van der Waals surface area contributed by atoms with Crippen LogP contribution in [0.15, 0.2) is 54.9 Å². The van der Waals surface area contributed by atoms with Gasteiger partial charge in [-0.25, -0.2) is 0 Å². The number of carbonyl (C=O) groups is 1. The second-order valence-electron chi connectivity index (χ2n) is 5.69. The van der Waals surface area contributed by atoms with Gasteiger partial charge < -0.3 is 10.6 Å². The Bertz CT molecular complexity index is 565. The summed E-state index contributed by atoms with van der Waals surface area (Å²) in [6.07, 6.45) is 6.30. The molecule has 1 fully saturated rings. The predicted octanol–water partition coefficient (Wildman–Crippen LogP) is 3.27. The van der Waals surface area contributed by atoms with Gasteiger partial charge in [-0.1, -0.05) is 30.3 Å². The Morgan fingerprint density at radius 2 is 1.79 bits per heavy atom. The van der Waals surface area contributed by atoms with Crippen LogP contribution in [0.25, 0.3) is 0 Å². The average molecular weight is 368 g/mol. The maximum atomic E-state index is 12.4. The second-order valence-corrected chi connectivity index (χ2v) is 5.69. The number of nitrogens with zero attached hydrogens (tertiary/aromatic N) is 1. The predicted molar refractivity (Wildman–Crippen MR) is 101 cm³/mol. The maximum Gasteiger partial charge on any atom is 0.222 e. The summed E-state index contributed by atoms with van der Waals surface area (Å²) in [7, 11) is 0. The number of benzene rings is 1. The van der Waals surface area contributed by atoms with Gasteiger partial charge in [0.15, 0.2) is 0 Å². The minimum absolute atomic E-state index is 0. The maximum absolute atomic E-state index is 12.4. The quantitative estimate of drug-likeness (QED) is 0.852. The van der Waals surface area contributed by atoms with Crippen molar-refractivity contribution in [3.8, 4) is 0 Å². The molecule has 1 aliphatic rings. The molecule has 1 aliphatic heterocycles. The fraction of sp³-hybridized carbons (Fsp3) is 0.333. The number of nitrogens with one attached hydrogen (secondary N) is 2. The van der Waals surface area contributed by atoms with E-state index in [9.17, 15) is 4.79 Å². The van der Waals surface area contributed by atoms with Gasteiger partial charge in [0.1, 0.15) is 0 Å². The van der Waals surface area contributed by atoms with Crippen molar-refractivity contribution in [2.24, 2.45) is 0 Å². The normalized spacial score (nSPS) is 17.2. The highest BCUT2D eigenvalue weighted by Gasteiger charge is 2.21. The lowest BCUT2D eigenvalue weighted by Crippen LogP contribution is -2.34. The number of rotatable bonds is 5. The molecule has 2 aromatic rings. The van der Waals surface area contributed by atoms with Crippen molar-refractivity contribution in [1.29, 1.82) is 0 Å². The molecule has 1 saturated heterocycles. The molecular formula is C18H23Cl2N3O. The van der Waals surface area contributed by atoms with E-state index in [1.807, 2.05) is 42.5 Å². The minimum Gasteiger partial charge on any atom is -0.345 e. The molecule has 2 atom stereocenters. The van der Waals surface area contributed by atoms with E-state index in [4.69, 9.17) is 0 Å². The molecule has 1 amide bonds. The van der Waals surface area contributed by atoms with Crippen molar-refractivity contribution in [2.45, 2.75) is 31.3 Å². The van der Waals surface area contributed by atoms with Crippen molar-refractivity contribution >= 4 is 30.7 Å². The highest BCUT2D eigenvalue weighted by Crippen LogP contribution is 2.21. The largest absolute Gasteiger partial charge is 0.345 e. The topological polar surface area (TPSA) is 54.0 Å². The van der Waals surface area contributed by atoms with E-state index in [-0.39, 0.29) is 36.8 Å². The van der Waals surface area contributed by atoms with Crippen molar-refractivity contribution in [2.75, 3.05) is 6.54 Å². The zero-order valence-electron chi connectivity index (χ0n) is 13.4. The van der Waals surface area contributed by atoms with Crippen LogP contribution in [0.2, 0.25) is 0 Å². The van der Waals surface area contributed by atoms with Crippen LogP contribution in [-0.2, 0) is 4.79 Å². The summed E-state index contributed by atoms with van der Waals surface area (Å²) in [5.41, 5.74) is 2.13. The molecule has 0 aliphatic carbocycles. The van der Waals surface area contributed by atoms with Crippen LogP contribution >= 0.6 is 24.8 Å². The van der Waals surface area contributed by atoms with E-state index >= 15 is 0 Å². The van der Waals surface area contributed by atoms with Crippen LogP contribution in [0.5, 0.6) is 0 Å². The Balaban J connectivity index is 0.00000144. The number of hydrogen-bond acceptors (Lipinski definition) is 3. The van der Waals surface area contributed by atoms with Crippen LogP contribution in [0.3, 0.4) is 0 Å².